The predicted molar refractivity (Wildman–Crippen MR) is 155 cm³/mol. The zero-order valence-electron chi connectivity index (χ0n) is 21.6. The largest absolute Gasteiger partial charge is 0.494 e. The third-order valence-electron chi connectivity index (χ3n) is 6.65. The Morgan fingerprint density at radius 2 is 1.95 bits per heavy atom. The van der Waals surface area contributed by atoms with E-state index in [0.717, 1.165) is 18.0 Å². The number of nitrogens with one attached hydrogen (secondary N) is 2. The number of fused-ring (bicyclic) bond motifs is 4. The highest BCUT2D eigenvalue weighted by atomic mass is 79.9. The first-order chi connectivity index (χ1) is 18.8. The van der Waals surface area contributed by atoms with Crippen LogP contribution in [0.15, 0.2) is 47.3 Å². The molecule has 39 heavy (non-hydrogen) atoms. The van der Waals surface area contributed by atoms with E-state index >= 15 is 0 Å². The number of aromatic nitrogens is 4. The topological polar surface area (TPSA) is 124 Å². The standard InChI is InChI=1S/C26H27BrN7O4P/c1-36-21-11-20-22(38-14-15-13-37-9-8-34(15)20)10-19(21)32-26-30-12-16(27)25(33-26)31-18-5-4-17-23(29-7-6-28-17)24(18)39(2,3)35/h4-7,10-12,15H,8-9,13-14H2,1-3H3,(H2,30,31,32,33). The molecule has 4 heterocycles. The summed E-state index contributed by atoms with van der Waals surface area (Å²) in [5.74, 6) is 2.24. The van der Waals surface area contributed by atoms with Crippen LogP contribution in [0.1, 0.15) is 0 Å². The normalized spacial score (nSPS) is 16.7. The lowest BCUT2D eigenvalue weighted by Crippen LogP contribution is -2.51. The first kappa shape index (κ1) is 25.8. The average molecular weight is 612 g/mol. The summed E-state index contributed by atoms with van der Waals surface area (Å²) in [5.41, 5.74) is 3.56. The molecule has 2 aromatic heterocycles. The third kappa shape index (κ3) is 4.99. The van der Waals surface area contributed by atoms with Crippen molar-refractivity contribution >= 4 is 68.2 Å². The fourth-order valence-electron chi connectivity index (χ4n) is 4.88. The number of benzene rings is 2. The van der Waals surface area contributed by atoms with Crippen molar-refractivity contribution < 1.29 is 18.8 Å². The molecular weight excluding hydrogens is 585 g/mol. The van der Waals surface area contributed by atoms with Crippen molar-refractivity contribution in [3.05, 3.63) is 47.3 Å². The van der Waals surface area contributed by atoms with Gasteiger partial charge >= 0.3 is 0 Å². The molecular formula is C26H27BrN7O4P. The monoisotopic (exact) mass is 611 g/mol. The minimum Gasteiger partial charge on any atom is -0.494 e. The van der Waals surface area contributed by atoms with Crippen LogP contribution >= 0.6 is 23.1 Å². The number of methoxy groups -OCH3 is 1. The Labute approximate surface area is 233 Å². The van der Waals surface area contributed by atoms with Gasteiger partial charge in [-0.05, 0) is 41.4 Å². The summed E-state index contributed by atoms with van der Waals surface area (Å²) in [6.45, 7) is 6.10. The molecule has 1 saturated heterocycles. The number of halogens is 1. The Kier molecular flexibility index (Phi) is 6.78. The highest BCUT2D eigenvalue weighted by molar-refractivity contribution is 9.10. The van der Waals surface area contributed by atoms with Gasteiger partial charge in [0.2, 0.25) is 5.95 Å². The van der Waals surface area contributed by atoms with Gasteiger partial charge in [-0.3, -0.25) is 9.97 Å². The Hall–Kier alpha value is -3.47. The van der Waals surface area contributed by atoms with Crippen molar-refractivity contribution in [3.63, 3.8) is 0 Å². The number of ether oxygens (including phenoxy) is 3. The van der Waals surface area contributed by atoms with Gasteiger partial charge in [0.05, 0.1) is 58.7 Å². The number of morpholine rings is 1. The van der Waals surface area contributed by atoms with Crippen LogP contribution in [0.3, 0.4) is 0 Å². The second-order valence-corrected chi connectivity index (χ2v) is 13.6. The minimum absolute atomic E-state index is 0.186. The number of rotatable bonds is 6. The van der Waals surface area contributed by atoms with E-state index in [1.54, 1.807) is 39.0 Å². The Morgan fingerprint density at radius 3 is 2.77 bits per heavy atom. The summed E-state index contributed by atoms with van der Waals surface area (Å²) in [7, 11) is -1.11. The number of nitrogens with zero attached hydrogens (tertiary/aromatic N) is 5. The smallest absolute Gasteiger partial charge is 0.229 e. The average Bonchev–Trinajstić information content (AvgIpc) is 2.93. The summed E-state index contributed by atoms with van der Waals surface area (Å²) in [4.78, 5) is 20.3. The molecule has 11 nitrogen and oxygen atoms in total. The molecule has 202 valence electrons. The number of anilines is 5. The summed E-state index contributed by atoms with van der Waals surface area (Å²) in [6.07, 6.45) is 4.87. The van der Waals surface area contributed by atoms with E-state index in [9.17, 15) is 4.57 Å². The van der Waals surface area contributed by atoms with Crippen LogP contribution in [-0.2, 0) is 9.30 Å². The van der Waals surface area contributed by atoms with E-state index in [0.29, 0.717) is 69.5 Å². The fourth-order valence-corrected chi connectivity index (χ4v) is 6.57. The van der Waals surface area contributed by atoms with E-state index in [1.807, 2.05) is 24.3 Å². The zero-order valence-corrected chi connectivity index (χ0v) is 24.1. The lowest BCUT2D eigenvalue weighted by molar-refractivity contribution is 0.0705. The van der Waals surface area contributed by atoms with E-state index in [-0.39, 0.29) is 6.04 Å². The van der Waals surface area contributed by atoms with E-state index in [4.69, 9.17) is 14.2 Å². The van der Waals surface area contributed by atoms with E-state index in [2.05, 4.69) is 51.4 Å². The minimum atomic E-state index is -2.73. The van der Waals surface area contributed by atoms with Crippen molar-refractivity contribution in [1.29, 1.82) is 0 Å². The van der Waals surface area contributed by atoms with Gasteiger partial charge in [-0.2, -0.15) is 4.98 Å². The van der Waals surface area contributed by atoms with Crippen LogP contribution in [0.4, 0.5) is 28.8 Å². The van der Waals surface area contributed by atoms with Crippen LogP contribution in [-0.4, -0.2) is 72.8 Å². The van der Waals surface area contributed by atoms with Gasteiger partial charge in [0.1, 0.15) is 36.6 Å². The van der Waals surface area contributed by atoms with Crippen molar-refractivity contribution in [2.45, 2.75) is 6.04 Å². The molecule has 2 aromatic carbocycles. The first-order valence-corrected chi connectivity index (χ1v) is 15.8. The number of hydrogen-bond acceptors (Lipinski definition) is 11. The quantitative estimate of drug-likeness (QED) is 0.299. The second-order valence-electron chi connectivity index (χ2n) is 9.63. The molecule has 0 radical (unpaired) electrons. The highest BCUT2D eigenvalue weighted by Gasteiger charge is 2.31. The Morgan fingerprint density at radius 1 is 1.10 bits per heavy atom. The van der Waals surface area contributed by atoms with Crippen LogP contribution in [0.5, 0.6) is 11.5 Å². The summed E-state index contributed by atoms with van der Waals surface area (Å²) in [5, 5.41) is 7.20. The molecule has 6 rings (SSSR count). The van der Waals surface area contributed by atoms with Crippen molar-refractivity contribution in [1.82, 2.24) is 19.9 Å². The van der Waals surface area contributed by atoms with Crippen LogP contribution in [0, 0.1) is 0 Å². The van der Waals surface area contributed by atoms with Crippen LogP contribution < -0.4 is 30.3 Å². The lowest BCUT2D eigenvalue weighted by atomic mass is 10.1. The van der Waals surface area contributed by atoms with Gasteiger partial charge in [0.25, 0.3) is 0 Å². The summed E-state index contributed by atoms with van der Waals surface area (Å²) in [6, 6.07) is 7.75. The molecule has 0 aliphatic carbocycles. The summed E-state index contributed by atoms with van der Waals surface area (Å²) >= 11 is 3.54. The molecule has 1 fully saturated rings. The summed E-state index contributed by atoms with van der Waals surface area (Å²) < 4.78 is 31.3. The van der Waals surface area contributed by atoms with Gasteiger partial charge in [-0.1, -0.05) is 0 Å². The van der Waals surface area contributed by atoms with E-state index in [1.165, 1.54) is 0 Å². The van der Waals surface area contributed by atoms with Gasteiger partial charge in [0, 0.05) is 37.3 Å². The zero-order chi connectivity index (χ0) is 27.1. The van der Waals surface area contributed by atoms with Gasteiger partial charge in [-0.25, -0.2) is 4.98 Å². The SMILES string of the molecule is COc1cc2c(cc1Nc1ncc(Br)c(Nc3ccc4nccnc4c3P(C)(C)=O)n1)OCC1COCCN21. The van der Waals surface area contributed by atoms with Crippen molar-refractivity contribution in [2.75, 3.05) is 62.3 Å². The van der Waals surface area contributed by atoms with Gasteiger partial charge in [0.15, 0.2) is 0 Å². The highest BCUT2D eigenvalue weighted by Crippen LogP contribution is 2.44. The third-order valence-corrected chi connectivity index (χ3v) is 8.76. The first-order valence-electron chi connectivity index (χ1n) is 12.4. The molecule has 2 N–H and O–H groups in total. The molecule has 1 atom stereocenters. The predicted octanol–water partition coefficient (Wildman–Crippen LogP) is 4.52. The van der Waals surface area contributed by atoms with Crippen molar-refractivity contribution in [2.24, 2.45) is 0 Å². The fraction of sp³-hybridized carbons (Fsp3) is 0.308. The molecule has 2 aliphatic heterocycles. The van der Waals surface area contributed by atoms with Crippen LogP contribution in [0.2, 0.25) is 0 Å². The Balaban J connectivity index is 1.33. The second kappa shape index (κ2) is 10.3. The number of hydrogen-bond donors (Lipinski definition) is 2. The Bertz CT molecular complexity index is 1620. The molecule has 1 unspecified atom stereocenters. The lowest BCUT2D eigenvalue weighted by Gasteiger charge is -2.41. The molecule has 4 aromatic rings. The van der Waals surface area contributed by atoms with Gasteiger partial charge < -0.3 is 34.3 Å². The molecule has 0 spiro atoms. The molecule has 2 aliphatic rings. The van der Waals surface area contributed by atoms with Gasteiger partial charge in [-0.15, -0.1) is 0 Å². The molecule has 0 bridgehead atoms. The molecule has 13 heteroatoms. The van der Waals surface area contributed by atoms with Crippen LogP contribution in [0.25, 0.3) is 11.0 Å². The van der Waals surface area contributed by atoms with E-state index < -0.39 is 7.14 Å². The maximum Gasteiger partial charge on any atom is 0.229 e. The molecule has 0 amide bonds. The van der Waals surface area contributed by atoms with Crippen molar-refractivity contribution in [3.8, 4) is 11.5 Å². The maximum absolute atomic E-state index is 13.3. The maximum atomic E-state index is 13.3. The molecule has 0 saturated carbocycles.